The molecule has 1 heterocycles. The number of hydrogen-bond donors (Lipinski definition) is 1. The van der Waals surface area contributed by atoms with Crippen LogP contribution in [0.25, 0.3) is 0 Å². The largest absolute Gasteiger partial charge is 0.464 e. The smallest absolute Gasteiger partial charge is 0.332 e. The van der Waals surface area contributed by atoms with Crippen molar-refractivity contribution in [1.82, 2.24) is 10.3 Å². The Morgan fingerprint density at radius 1 is 1.50 bits per heavy atom. The van der Waals surface area contributed by atoms with Crippen molar-refractivity contribution in [1.29, 1.82) is 0 Å². The van der Waals surface area contributed by atoms with Gasteiger partial charge in [0.25, 0.3) is 0 Å². The Morgan fingerprint density at radius 3 is 3.00 bits per heavy atom. The Bertz CT molecular complexity index is 343. The minimum Gasteiger partial charge on any atom is -0.464 e. The molecule has 0 aliphatic carbocycles. The van der Waals surface area contributed by atoms with Gasteiger partial charge in [0, 0.05) is 18.8 Å². The normalized spacial score (nSPS) is 12.1. The van der Waals surface area contributed by atoms with E-state index in [1.54, 1.807) is 13.1 Å². The molecule has 0 aliphatic rings. The third-order valence-corrected chi connectivity index (χ3v) is 2.35. The Balaban J connectivity index is 2.09. The third kappa shape index (κ3) is 5.75. The number of hydrogen-bond acceptors (Lipinski definition) is 5. The Hall–Kier alpha value is -1.46. The van der Waals surface area contributed by atoms with E-state index in [1.807, 2.05) is 25.1 Å². The van der Waals surface area contributed by atoms with E-state index in [2.05, 4.69) is 10.3 Å². The molecule has 0 fully saturated rings. The second-order valence-corrected chi connectivity index (χ2v) is 3.79. The number of nitrogens with zero attached hydrogens (tertiary/aromatic N) is 1. The molecular weight excluding hydrogens is 232 g/mol. The third-order valence-electron chi connectivity index (χ3n) is 2.35. The molecule has 1 atom stereocenters. The number of rotatable bonds is 8. The van der Waals surface area contributed by atoms with Crippen LogP contribution < -0.4 is 5.32 Å². The van der Waals surface area contributed by atoms with Crippen molar-refractivity contribution < 1.29 is 14.3 Å². The molecular formula is C13H20N2O3. The average molecular weight is 252 g/mol. The van der Waals surface area contributed by atoms with Gasteiger partial charge in [0.1, 0.15) is 6.61 Å². The fourth-order valence-electron chi connectivity index (χ4n) is 1.44. The molecule has 0 saturated carbocycles. The first-order chi connectivity index (χ1) is 8.74. The first kappa shape index (κ1) is 14.6. The number of carbonyl (C=O) groups is 1. The first-order valence-electron chi connectivity index (χ1n) is 6.11. The van der Waals surface area contributed by atoms with Crippen LogP contribution in [0, 0.1) is 0 Å². The van der Waals surface area contributed by atoms with Crippen molar-refractivity contribution in [3.05, 3.63) is 30.1 Å². The van der Waals surface area contributed by atoms with Crippen molar-refractivity contribution in [2.75, 3.05) is 26.4 Å². The predicted octanol–water partition coefficient (Wildman–Crippen LogP) is 1.31. The fraction of sp³-hybridized carbons (Fsp3) is 0.538. The highest BCUT2D eigenvalue weighted by Crippen LogP contribution is 2.06. The Labute approximate surface area is 108 Å². The zero-order valence-electron chi connectivity index (χ0n) is 10.9. The second-order valence-electron chi connectivity index (χ2n) is 3.79. The summed E-state index contributed by atoms with van der Waals surface area (Å²) in [6.45, 7) is 5.33. The lowest BCUT2D eigenvalue weighted by Crippen LogP contribution is -2.25. The lowest BCUT2D eigenvalue weighted by atomic mass is 10.2. The lowest BCUT2D eigenvalue weighted by molar-refractivity contribution is -0.148. The van der Waals surface area contributed by atoms with Crippen molar-refractivity contribution in [3.63, 3.8) is 0 Å². The fourth-order valence-corrected chi connectivity index (χ4v) is 1.44. The first-order valence-corrected chi connectivity index (χ1v) is 6.11. The molecule has 1 aromatic rings. The number of nitrogens with one attached hydrogen (secondary N) is 1. The van der Waals surface area contributed by atoms with E-state index in [1.165, 1.54) is 0 Å². The van der Waals surface area contributed by atoms with Crippen LogP contribution in [0.1, 0.15) is 25.6 Å². The summed E-state index contributed by atoms with van der Waals surface area (Å²) < 4.78 is 9.92. The molecule has 5 nitrogen and oxygen atoms in total. The SMILES string of the molecule is CCOC(=O)COCCNC(C)c1ccccn1. The van der Waals surface area contributed by atoms with E-state index in [-0.39, 0.29) is 18.6 Å². The molecule has 0 amide bonds. The summed E-state index contributed by atoms with van der Waals surface area (Å²) in [6.07, 6.45) is 1.77. The van der Waals surface area contributed by atoms with Crippen LogP contribution in [0.5, 0.6) is 0 Å². The molecule has 18 heavy (non-hydrogen) atoms. The van der Waals surface area contributed by atoms with Gasteiger partial charge in [-0.2, -0.15) is 0 Å². The van der Waals surface area contributed by atoms with Gasteiger partial charge in [-0.15, -0.1) is 0 Å². The second kappa shape index (κ2) is 8.60. The van der Waals surface area contributed by atoms with E-state index >= 15 is 0 Å². The van der Waals surface area contributed by atoms with Crippen LogP contribution in [0.4, 0.5) is 0 Å². The summed E-state index contributed by atoms with van der Waals surface area (Å²) in [5.74, 6) is -0.324. The van der Waals surface area contributed by atoms with Gasteiger partial charge in [-0.1, -0.05) is 6.07 Å². The van der Waals surface area contributed by atoms with Crippen LogP contribution in [0.3, 0.4) is 0 Å². The quantitative estimate of drug-likeness (QED) is 0.558. The zero-order chi connectivity index (χ0) is 13.2. The maximum absolute atomic E-state index is 11.0. The standard InChI is InChI=1S/C13H20N2O3/c1-3-18-13(16)10-17-9-8-14-11(2)12-6-4-5-7-15-12/h4-7,11,14H,3,8-10H2,1-2H3. The number of ether oxygens (including phenoxy) is 2. The molecule has 0 radical (unpaired) electrons. The summed E-state index contributed by atoms with van der Waals surface area (Å²) in [6, 6.07) is 5.98. The molecule has 1 rings (SSSR count). The molecule has 0 aromatic carbocycles. The summed E-state index contributed by atoms with van der Waals surface area (Å²) in [5.41, 5.74) is 0.989. The van der Waals surface area contributed by atoms with Crippen LogP contribution in [-0.2, 0) is 14.3 Å². The van der Waals surface area contributed by atoms with Gasteiger partial charge in [0.15, 0.2) is 0 Å². The molecule has 1 N–H and O–H groups in total. The highest BCUT2D eigenvalue weighted by Gasteiger charge is 2.05. The summed E-state index contributed by atoms with van der Waals surface area (Å²) in [4.78, 5) is 15.2. The van der Waals surface area contributed by atoms with Crippen LogP contribution in [0.2, 0.25) is 0 Å². The number of carbonyl (C=O) groups excluding carboxylic acids is 1. The van der Waals surface area contributed by atoms with Gasteiger partial charge >= 0.3 is 5.97 Å². The Morgan fingerprint density at radius 2 is 2.33 bits per heavy atom. The van der Waals surface area contributed by atoms with Crippen LogP contribution in [0.15, 0.2) is 24.4 Å². The van der Waals surface area contributed by atoms with Crippen molar-refractivity contribution in [2.24, 2.45) is 0 Å². The van der Waals surface area contributed by atoms with Crippen molar-refractivity contribution in [3.8, 4) is 0 Å². The topological polar surface area (TPSA) is 60.5 Å². The minimum absolute atomic E-state index is 0.00743. The lowest BCUT2D eigenvalue weighted by Gasteiger charge is -2.12. The van der Waals surface area contributed by atoms with E-state index in [0.29, 0.717) is 19.8 Å². The minimum atomic E-state index is -0.324. The highest BCUT2D eigenvalue weighted by molar-refractivity contribution is 5.70. The molecule has 0 aliphatic heterocycles. The van der Waals surface area contributed by atoms with Gasteiger partial charge in [0.2, 0.25) is 0 Å². The predicted molar refractivity (Wildman–Crippen MR) is 68.1 cm³/mol. The number of pyridine rings is 1. The molecule has 0 bridgehead atoms. The maximum Gasteiger partial charge on any atom is 0.332 e. The molecule has 100 valence electrons. The summed E-state index contributed by atoms with van der Waals surface area (Å²) in [5, 5.41) is 3.27. The van der Waals surface area contributed by atoms with Crippen LogP contribution in [-0.4, -0.2) is 37.3 Å². The van der Waals surface area contributed by atoms with Gasteiger partial charge in [-0.05, 0) is 26.0 Å². The van der Waals surface area contributed by atoms with Gasteiger partial charge < -0.3 is 14.8 Å². The monoisotopic (exact) mass is 252 g/mol. The highest BCUT2D eigenvalue weighted by atomic mass is 16.6. The van der Waals surface area contributed by atoms with E-state index in [0.717, 1.165) is 5.69 Å². The molecule has 0 spiro atoms. The molecule has 5 heteroatoms. The molecule has 0 saturated heterocycles. The zero-order valence-corrected chi connectivity index (χ0v) is 10.9. The van der Waals surface area contributed by atoms with Crippen molar-refractivity contribution >= 4 is 5.97 Å². The van der Waals surface area contributed by atoms with Gasteiger partial charge in [0.05, 0.1) is 18.9 Å². The molecule has 1 aromatic heterocycles. The maximum atomic E-state index is 11.0. The number of esters is 1. The molecule has 1 unspecified atom stereocenters. The average Bonchev–Trinajstić information content (AvgIpc) is 2.39. The summed E-state index contributed by atoms with van der Waals surface area (Å²) in [7, 11) is 0. The van der Waals surface area contributed by atoms with Crippen molar-refractivity contribution in [2.45, 2.75) is 19.9 Å². The van der Waals surface area contributed by atoms with Gasteiger partial charge in [-0.25, -0.2) is 4.79 Å². The summed E-state index contributed by atoms with van der Waals surface area (Å²) >= 11 is 0. The van der Waals surface area contributed by atoms with E-state index < -0.39 is 0 Å². The Kier molecular flexibility index (Phi) is 6.98. The van der Waals surface area contributed by atoms with E-state index in [9.17, 15) is 4.79 Å². The van der Waals surface area contributed by atoms with Crippen LogP contribution >= 0.6 is 0 Å². The van der Waals surface area contributed by atoms with Gasteiger partial charge in [-0.3, -0.25) is 4.98 Å². The number of aromatic nitrogens is 1. The van der Waals surface area contributed by atoms with E-state index in [4.69, 9.17) is 9.47 Å².